The number of carbonyl (C=O) groups is 2. The highest BCUT2D eigenvalue weighted by Crippen LogP contribution is 2.28. The number of anilines is 1. The number of amides is 2. The number of thiazole rings is 1. The first-order valence-electron chi connectivity index (χ1n) is 10.6. The fraction of sp³-hybridized carbons (Fsp3) is 0.348. The van der Waals surface area contributed by atoms with Crippen molar-refractivity contribution in [3.8, 4) is 5.75 Å². The summed E-state index contributed by atoms with van der Waals surface area (Å²) in [6, 6.07) is 12.8. The first-order valence-corrected chi connectivity index (χ1v) is 11.7. The van der Waals surface area contributed by atoms with Crippen LogP contribution < -0.4 is 10.1 Å². The molecule has 0 saturated carbocycles. The number of piperazine rings is 1. The second kappa shape index (κ2) is 10.3. The number of nitrogens with one attached hydrogen (secondary N) is 1. The number of rotatable bonds is 7. The Morgan fingerprint density at radius 3 is 2.72 bits per heavy atom. The highest BCUT2D eigenvalue weighted by atomic mass is 35.5. The van der Waals surface area contributed by atoms with E-state index in [0.29, 0.717) is 40.9 Å². The highest BCUT2D eigenvalue weighted by Gasteiger charge is 2.21. The van der Waals surface area contributed by atoms with E-state index in [1.807, 2.05) is 29.2 Å². The Bertz CT molecular complexity index is 1110. The van der Waals surface area contributed by atoms with Gasteiger partial charge in [0.25, 0.3) is 5.91 Å². The lowest BCUT2D eigenvalue weighted by Gasteiger charge is -2.32. The van der Waals surface area contributed by atoms with Crippen LogP contribution in [0.15, 0.2) is 42.5 Å². The lowest BCUT2D eigenvalue weighted by molar-refractivity contribution is -0.116. The lowest BCUT2D eigenvalue weighted by atomic mass is 10.1. The summed E-state index contributed by atoms with van der Waals surface area (Å²) in [5.41, 5.74) is 1.42. The molecule has 0 atom stereocenters. The minimum Gasteiger partial charge on any atom is -0.492 e. The van der Waals surface area contributed by atoms with E-state index in [4.69, 9.17) is 16.3 Å². The third-order valence-corrected chi connectivity index (χ3v) is 6.56. The van der Waals surface area contributed by atoms with Crippen molar-refractivity contribution >= 4 is 50.1 Å². The molecule has 1 aromatic heterocycles. The van der Waals surface area contributed by atoms with Gasteiger partial charge in [0, 0.05) is 38.2 Å². The molecule has 9 heteroatoms. The fourth-order valence-electron chi connectivity index (χ4n) is 3.46. The summed E-state index contributed by atoms with van der Waals surface area (Å²) >= 11 is 7.43. The molecule has 2 aromatic carbocycles. The largest absolute Gasteiger partial charge is 0.492 e. The van der Waals surface area contributed by atoms with Crippen LogP contribution in [0.3, 0.4) is 0 Å². The zero-order chi connectivity index (χ0) is 22.5. The molecule has 0 spiro atoms. The van der Waals surface area contributed by atoms with Crippen LogP contribution in [0, 0.1) is 0 Å². The van der Waals surface area contributed by atoms with Crippen LogP contribution in [-0.2, 0) is 4.79 Å². The summed E-state index contributed by atoms with van der Waals surface area (Å²) in [5.74, 6) is 0.528. The monoisotopic (exact) mass is 472 g/mol. The minimum absolute atomic E-state index is 0.0394. The number of nitrogens with zero attached hydrogens (tertiary/aromatic N) is 3. The van der Waals surface area contributed by atoms with E-state index in [1.54, 1.807) is 18.2 Å². The SMILES string of the molecule is CN1CCN(C(=O)c2ccc3nc(NC(=O)CCCOc4ccccc4Cl)sc3c2)CC1. The van der Waals surface area contributed by atoms with Gasteiger partial charge in [-0.25, -0.2) is 4.98 Å². The van der Waals surface area contributed by atoms with Crippen LogP contribution in [0.4, 0.5) is 5.13 Å². The average Bonchev–Trinajstić information content (AvgIpc) is 3.19. The summed E-state index contributed by atoms with van der Waals surface area (Å²) in [6.45, 7) is 3.63. The number of hydrogen-bond acceptors (Lipinski definition) is 6. The number of ether oxygens (including phenoxy) is 1. The van der Waals surface area contributed by atoms with Crippen LogP contribution in [0.1, 0.15) is 23.2 Å². The van der Waals surface area contributed by atoms with Gasteiger partial charge in [-0.3, -0.25) is 9.59 Å². The number of benzene rings is 2. The van der Waals surface area contributed by atoms with Crippen LogP contribution in [-0.4, -0.2) is 66.4 Å². The fourth-order valence-corrected chi connectivity index (χ4v) is 4.57. The Balaban J connectivity index is 1.30. The van der Waals surface area contributed by atoms with Gasteiger partial charge in [0.15, 0.2) is 5.13 Å². The maximum atomic E-state index is 12.8. The number of likely N-dealkylation sites (N-methyl/N-ethyl adjacent to an activating group) is 1. The Labute approximate surface area is 195 Å². The van der Waals surface area contributed by atoms with Crippen molar-refractivity contribution in [3.63, 3.8) is 0 Å². The topological polar surface area (TPSA) is 74.8 Å². The molecule has 2 heterocycles. The highest BCUT2D eigenvalue weighted by molar-refractivity contribution is 7.22. The molecule has 0 radical (unpaired) electrons. The quantitative estimate of drug-likeness (QED) is 0.523. The van der Waals surface area contributed by atoms with Crippen LogP contribution >= 0.6 is 22.9 Å². The van der Waals surface area contributed by atoms with Crippen molar-refractivity contribution in [2.75, 3.05) is 45.2 Å². The van der Waals surface area contributed by atoms with E-state index in [0.717, 1.165) is 36.4 Å². The van der Waals surface area contributed by atoms with Gasteiger partial charge in [0.1, 0.15) is 5.75 Å². The average molecular weight is 473 g/mol. The van der Waals surface area contributed by atoms with E-state index >= 15 is 0 Å². The molecular weight excluding hydrogens is 448 g/mol. The molecule has 3 aromatic rings. The third kappa shape index (κ3) is 5.56. The summed E-state index contributed by atoms with van der Waals surface area (Å²) in [7, 11) is 2.06. The number of carbonyl (C=O) groups excluding carboxylic acids is 2. The zero-order valence-corrected chi connectivity index (χ0v) is 19.4. The maximum Gasteiger partial charge on any atom is 0.253 e. The number of aromatic nitrogens is 1. The molecule has 0 aliphatic carbocycles. The van der Waals surface area contributed by atoms with Crippen LogP contribution in [0.5, 0.6) is 5.75 Å². The van der Waals surface area contributed by atoms with E-state index < -0.39 is 0 Å². The molecule has 1 fully saturated rings. The molecule has 4 rings (SSSR count). The number of fused-ring (bicyclic) bond motifs is 1. The maximum absolute atomic E-state index is 12.8. The summed E-state index contributed by atoms with van der Waals surface area (Å²) < 4.78 is 6.49. The van der Waals surface area contributed by atoms with E-state index in [9.17, 15) is 9.59 Å². The molecular formula is C23H25ClN4O3S. The van der Waals surface area contributed by atoms with Crippen molar-refractivity contribution in [3.05, 3.63) is 53.1 Å². The number of para-hydroxylation sites is 1. The van der Waals surface area contributed by atoms with Crippen LogP contribution in [0.2, 0.25) is 5.02 Å². The van der Waals surface area contributed by atoms with E-state index in [2.05, 4.69) is 22.2 Å². The van der Waals surface area contributed by atoms with Gasteiger partial charge in [0.2, 0.25) is 5.91 Å². The van der Waals surface area contributed by atoms with Gasteiger partial charge in [-0.1, -0.05) is 35.1 Å². The van der Waals surface area contributed by atoms with Gasteiger partial charge >= 0.3 is 0 Å². The van der Waals surface area contributed by atoms with Crippen molar-refractivity contribution in [1.29, 1.82) is 0 Å². The first-order chi connectivity index (χ1) is 15.5. The molecule has 1 N–H and O–H groups in total. The van der Waals surface area contributed by atoms with Gasteiger partial charge < -0.3 is 19.9 Å². The Morgan fingerprint density at radius 2 is 1.94 bits per heavy atom. The first kappa shape index (κ1) is 22.5. The predicted octanol–water partition coefficient (Wildman–Crippen LogP) is 4.14. The van der Waals surface area contributed by atoms with E-state index in [-0.39, 0.29) is 11.8 Å². The Morgan fingerprint density at radius 1 is 1.16 bits per heavy atom. The molecule has 32 heavy (non-hydrogen) atoms. The smallest absolute Gasteiger partial charge is 0.253 e. The number of hydrogen-bond donors (Lipinski definition) is 1. The van der Waals surface area contributed by atoms with Gasteiger partial charge in [0.05, 0.1) is 21.8 Å². The molecule has 0 bridgehead atoms. The lowest BCUT2D eigenvalue weighted by Crippen LogP contribution is -2.47. The number of halogens is 1. The molecule has 1 saturated heterocycles. The molecule has 2 amide bonds. The zero-order valence-electron chi connectivity index (χ0n) is 17.8. The minimum atomic E-state index is -0.124. The summed E-state index contributed by atoms with van der Waals surface area (Å²) in [6.07, 6.45) is 0.874. The molecule has 168 valence electrons. The molecule has 7 nitrogen and oxygen atoms in total. The van der Waals surface area contributed by atoms with Crippen molar-refractivity contribution in [2.24, 2.45) is 0 Å². The summed E-state index contributed by atoms with van der Waals surface area (Å²) in [5, 5.41) is 3.93. The second-order valence-corrected chi connectivity index (χ2v) is 9.17. The normalized spacial score (nSPS) is 14.5. The molecule has 1 aliphatic heterocycles. The predicted molar refractivity (Wildman–Crippen MR) is 128 cm³/mol. The molecule has 1 aliphatic rings. The standard InChI is InChI=1S/C23H25ClN4O3S/c1-27-10-12-28(13-11-27)22(30)16-8-9-18-20(15-16)32-23(25-18)26-21(29)7-4-14-31-19-6-3-2-5-17(19)24/h2-3,5-6,8-9,15H,4,7,10-14H2,1H3,(H,25,26,29). The van der Waals surface area contributed by atoms with Gasteiger partial charge in [-0.05, 0) is 43.8 Å². The van der Waals surface area contributed by atoms with E-state index in [1.165, 1.54) is 11.3 Å². The van der Waals surface area contributed by atoms with Gasteiger partial charge in [-0.15, -0.1) is 0 Å². The van der Waals surface area contributed by atoms with Crippen LogP contribution in [0.25, 0.3) is 10.2 Å². The summed E-state index contributed by atoms with van der Waals surface area (Å²) in [4.78, 5) is 33.7. The van der Waals surface area contributed by atoms with Gasteiger partial charge in [-0.2, -0.15) is 0 Å². The molecule has 0 unspecified atom stereocenters. The third-order valence-electron chi connectivity index (χ3n) is 5.31. The van der Waals surface area contributed by atoms with Crippen molar-refractivity contribution in [2.45, 2.75) is 12.8 Å². The second-order valence-electron chi connectivity index (χ2n) is 7.73. The Hall–Kier alpha value is -2.68. The Kier molecular flexibility index (Phi) is 7.24. The van der Waals surface area contributed by atoms with Crippen molar-refractivity contribution < 1.29 is 14.3 Å². The van der Waals surface area contributed by atoms with Crippen molar-refractivity contribution in [1.82, 2.24) is 14.8 Å².